The maximum absolute atomic E-state index is 12.7. The molecule has 2 aromatic rings. The number of aromatic nitrogens is 1. The smallest absolute Gasteiger partial charge is 0.298 e. The number of rotatable bonds is 6. The van der Waals surface area contributed by atoms with Crippen molar-refractivity contribution in [3.63, 3.8) is 0 Å². The van der Waals surface area contributed by atoms with Crippen LogP contribution in [0, 0.1) is 11.8 Å². The molecule has 1 saturated heterocycles. The van der Waals surface area contributed by atoms with E-state index in [1.165, 1.54) is 0 Å². The first-order valence-corrected chi connectivity index (χ1v) is 12.8. The summed E-state index contributed by atoms with van der Waals surface area (Å²) in [5.74, 6) is 0.417. The van der Waals surface area contributed by atoms with Crippen LogP contribution in [0.3, 0.4) is 0 Å². The lowest BCUT2D eigenvalue weighted by atomic mass is 9.85. The summed E-state index contributed by atoms with van der Waals surface area (Å²) >= 11 is 0. The molecule has 2 atom stereocenters. The number of hydrogen-bond donors (Lipinski definition) is 2. The van der Waals surface area contributed by atoms with Crippen molar-refractivity contribution in [1.82, 2.24) is 10.3 Å². The van der Waals surface area contributed by atoms with Crippen LogP contribution in [0.1, 0.15) is 45.4 Å². The Kier molecular flexibility index (Phi) is 6.52. The van der Waals surface area contributed by atoms with Crippen LogP contribution in [0.4, 0.5) is 6.01 Å². The Labute approximate surface area is 182 Å². The summed E-state index contributed by atoms with van der Waals surface area (Å²) in [7, 11) is -3.29. The second kappa shape index (κ2) is 9.16. The Morgan fingerprint density at radius 1 is 1.26 bits per heavy atom. The number of nitrogens with zero attached hydrogens (tertiary/aromatic N) is 2. The van der Waals surface area contributed by atoms with Crippen LogP contribution in [0.25, 0.3) is 11.1 Å². The molecule has 170 valence electrons. The van der Waals surface area contributed by atoms with Crippen molar-refractivity contribution in [2.45, 2.75) is 56.4 Å². The summed E-state index contributed by atoms with van der Waals surface area (Å²) in [5, 5.41) is 12.6. The molecule has 8 nitrogen and oxygen atoms in total. The fourth-order valence-electron chi connectivity index (χ4n) is 4.63. The summed E-state index contributed by atoms with van der Waals surface area (Å²) < 4.78 is 30.1. The van der Waals surface area contributed by atoms with Crippen LogP contribution in [0.15, 0.2) is 27.5 Å². The van der Waals surface area contributed by atoms with Crippen LogP contribution in [-0.4, -0.2) is 55.9 Å². The molecule has 2 N–H and O–H groups in total. The van der Waals surface area contributed by atoms with Crippen LogP contribution in [0.2, 0.25) is 0 Å². The third-order valence-electron chi connectivity index (χ3n) is 6.61. The molecule has 1 aliphatic carbocycles. The number of hydrogen-bond acceptors (Lipinski definition) is 7. The van der Waals surface area contributed by atoms with Gasteiger partial charge in [0.25, 0.3) is 6.01 Å². The number of sulfone groups is 1. The summed E-state index contributed by atoms with van der Waals surface area (Å²) in [4.78, 5) is 19.5. The molecular weight excluding hydrogens is 418 g/mol. The van der Waals surface area contributed by atoms with Gasteiger partial charge in [0.1, 0.15) is 5.52 Å². The van der Waals surface area contributed by atoms with Gasteiger partial charge in [0.2, 0.25) is 5.91 Å². The monoisotopic (exact) mass is 449 g/mol. The quantitative estimate of drug-likeness (QED) is 0.697. The summed E-state index contributed by atoms with van der Waals surface area (Å²) in [6.45, 7) is 3.14. The number of aliphatic hydroxyl groups is 1. The molecule has 1 amide bonds. The molecule has 31 heavy (non-hydrogen) atoms. The van der Waals surface area contributed by atoms with Crippen LogP contribution in [-0.2, 0) is 14.6 Å². The number of fused-ring (bicyclic) bond motifs is 1. The van der Waals surface area contributed by atoms with Gasteiger partial charge in [-0.05, 0) is 56.2 Å². The summed E-state index contributed by atoms with van der Waals surface area (Å²) in [6.07, 6.45) is 5.37. The average molecular weight is 450 g/mol. The minimum absolute atomic E-state index is 0.0311. The van der Waals surface area contributed by atoms with Gasteiger partial charge >= 0.3 is 0 Å². The third kappa shape index (κ3) is 4.87. The standard InChI is InChI=1S/C22H31N3O5S/c1-2-31(28,29)18-6-7-20-19(13-18)24-22(30-20)25-10-8-16(9-11-25)21(27)23-17-5-3-4-15(12-17)14-26/h6-7,13,15-17,26H,2-5,8-12,14H2,1H3,(H,23,27)/t15-,17-/m0/s1. The van der Waals surface area contributed by atoms with Crippen molar-refractivity contribution in [1.29, 1.82) is 0 Å². The number of carbonyl (C=O) groups excluding carboxylic acids is 1. The lowest BCUT2D eigenvalue weighted by Crippen LogP contribution is -2.45. The van der Waals surface area contributed by atoms with Gasteiger partial charge in [-0.15, -0.1) is 0 Å². The Balaban J connectivity index is 1.36. The molecule has 2 heterocycles. The zero-order valence-electron chi connectivity index (χ0n) is 17.9. The number of oxazole rings is 1. The molecule has 4 rings (SSSR count). The van der Waals surface area contributed by atoms with E-state index in [0.717, 1.165) is 38.5 Å². The molecule has 9 heteroatoms. The lowest BCUT2D eigenvalue weighted by molar-refractivity contribution is -0.126. The van der Waals surface area contributed by atoms with E-state index in [0.29, 0.717) is 36.1 Å². The first kappa shape index (κ1) is 22.1. The Bertz CT molecular complexity index is 1030. The molecule has 0 spiro atoms. The van der Waals surface area contributed by atoms with Gasteiger partial charge in [-0.1, -0.05) is 13.3 Å². The molecule has 0 bridgehead atoms. The van der Waals surface area contributed by atoms with Gasteiger partial charge in [0.15, 0.2) is 15.4 Å². The number of nitrogens with one attached hydrogen (secondary N) is 1. The van der Waals surface area contributed by atoms with E-state index in [9.17, 15) is 18.3 Å². The zero-order valence-corrected chi connectivity index (χ0v) is 18.7. The van der Waals surface area contributed by atoms with E-state index in [4.69, 9.17) is 4.42 Å². The molecule has 1 aliphatic heterocycles. The molecule has 0 unspecified atom stereocenters. The number of carbonyl (C=O) groups is 1. The van der Waals surface area contributed by atoms with Gasteiger partial charge < -0.3 is 19.7 Å². The highest BCUT2D eigenvalue weighted by atomic mass is 32.2. The van der Waals surface area contributed by atoms with Gasteiger partial charge in [-0.25, -0.2) is 8.42 Å². The predicted octanol–water partition coefficient (Wildman–Crippen LogP) is 2.51. The van der Waals surface area contributed by atoms with Crippen LogP contribution in [0.5, 0.6) is 0 Å². The highest BCUT2D eigenvalue weighted by Gasteiger charge is 2.30. The number of piperidine rings is 1. The summed E-state index contributed by atoms with van der Waals surface area (Å²) in [6, 6.07) is 5.41. The van der Waals surface area contributed by atoms with Crippen molar-refractivity contribution >= 4 is 32.9 Å². The Morgan fingerprint density at radius 3 is 2.74 bits per heavy atom. The molecule has 1 saturated carbocycles. The Morgan fingerprint density at radius 2 is 2.03 bits per heavy atom. The van der Waals surface area contributed by atoms with Gasteiger partial charge in [-0.3, -0.25) is 4.79 Å². The maximum atomic E-state index is 12.7. The molecule has 0 radical (unpaired) electrons. The second-order valence-electron chi connectivity index (χ2n) is 8.71. The fraction of sp³-hybridized carbons (Fsp3) is 0.636. The zero-order chi connectivity index (χ0) is 22.0. The number of anilines is 1. The largest absolute Gasteiger partial charge is 0.423 e. The van der Waals surface area contributed by atoms with Gasteiger partial charge in [-0.2, -0.15) is 4.98 Å². The average Bonchev–Trinajstić information content (AvgIpc) is 3.23. The van der Waals surface area contributed by atoms with Crippen LogP contribution >= 0.6 is 0 Å². The number of amides is 1. The van der Waals surface area contributed by atoms with Crippen molar-refractivity contribution in [2.24, 2.45) is 11.8 Å². The predicted molar refractivity (Wildman–Crippen MR) is 118 cm³/mol. The SMILES string of the molecule is CCS(=O)(=O)c1ccc2oc(N3CCC(C(=O)N[C@H]4CCC[C@H](CO)C4)CC3)nc2c1. The maximum Gasteiger partial charge on any atom is 0.298 e. The molecule has 2 aliphatic rings. The van der Waals surface area contributed by atoms with Crippen molar-refractivity contribution in [2.75, 3.05) is 30.3 Å². The van der Waals surface area contributed by atoms with E-state index in [-0.39, 0.29) is 35.1 Å². The summed E-state index contributed by atoms with van der Waals surface area (Å²) in [5.41, 5.74) is 1.08. The van der Waals surface area contributed by atoms with E-state index in [2.05, 4.69) is 10.3 Å². The topological polar surface area (TPSA) is 113 Å². The van der Waals surface area contributed by atoms with Crippen LogP contribution < -0.4 is 10.2 Å². The highest BCUT2D eigenvalue weighted by Crippen LogP contribution is 2.29. The number of aliphatic hydroxyl groups excluding tert-OH is 1. The number of benzene rings is 1. The van der Waals surface area contributed by atoms with E-state index in [1.54, 1.807) is 25.1 Å². The minimum atomic E-state index is -3.29. The normalized spacial score (nSPS) is 23.2. The lowest BCUT2D eigenvalue weighted by Gasteiger charge is -2.33. The van der Waals surface area contributed by atoms with E-state index < -0.39 is 9.84 Å². The Hall–Kier alpha value is -2.13. The first-order chi connectivity index (χ1) is 14.9. The van der Waals surface area contributed by atoms with Crippen molar-refractivity contribution in [3.05, 3.63) is 18.2 Å². The minimum Gasteiger partial charge on any atom is -0.423 e. The third-order valence-corrected chi connectivity index (χ3v) is 8.34. The van der Waals surface area contributed by atoms with E-state index in [1.807, 2.05) is 4.90 Å². The molecule has 1 aromatic carbocycles. The second-order valence-corrected chi connectivity index (χ2v) is 11.0. The molecule has 1 aromatic heterocycles. The van der Waals surface area contributed by atoms with Gasteiger partial charge in [0, 0.05) is 31.7 Å². The molecular formula is C22H31N3O5S. The van der Waals surface area contributed by atoms with E-state index >= 15 is 0 Å². The van der Waals surface area contributed by atoms with Crippen molar-refractivity contribution < 1.29 is 22.7 Å². The first-order valence-electron chi connectivity index (χ1n) is 11.2. The highest BCUT2D eigenvalue weighted by molar-refractivity contribution is 7.91. The van der Waals surface area contributed by atoms with Crippen molar-refractivity contribution in [3.8, 4) is 0 Å². The fourth-order valence-corrected chi connectivity index (χ4v) is 5.53. The van der Waals surface area contributed by atoms with Gasteiger partial charge in [0.05, 0.1) is 10.6 Å². The molecule has 2 fully saturated rings.